The van der Waals surface area contributed by atoms with Gasteiger partial charge in [0.25, 0.3) is 11.2 Å². The molecule has 0 fully saturated rings. The highest BCUT2D eigenvalue weighted by Gasteiger charge is 2.08. The van der Waals surface area contributed by atoms with Gasteiger partial charge in [-0.25, -0.2) is 4.98 Å². The molecule has 0 aliphatic heterocycles. The van der Waals surface area contributed by atoms with Gasteiger partial charge in [-0.2, -0.15) is 0 Å². The van der Waals surface area contributed by atoms with E-state index in [2.05, 4.69) is 15.3 Å². The van der Waals surface area contributed by atoms with Gasteiger partial charge in [0.05, 0.1) is 15.8 Å². The fourth-order valence-corrected chi connectivity index (χ4v) is 2.56. The first-order chi connectivity index (χ1) is 12.5. The van der Waals surface area contributed by atoms with Crippen molar-refractivity contribution in [2.45, 2.75) is 19.3 Å². The van der Waals surface area contributed by atoms with Gasteiger partial charge in [-0.05, 0) is 30.7 Å². The van der Waals surface area contributed by atoms with Gasteiger partial charge < -0.3 is 10.3 Å². The van der Waals surface area contributed by atoms with Crippen LogP contribution in [-0.2, 0) is 11.2 Å². The largest absolute Gasteiger partial charge is 0.326 e. The second-order valence-electron chi connectivity index (χ2n) is 5.74. The maximum absolute atomic E-state index is 12.0. The monoisotopic (exact) mass is 352 g/mol. The maximum atomic E-state index is 12.0. The third-order valence-corrected chi connectivity index (χ3v) is 3.84. The number of aryl methyl sites for hydroxylation is 1. The molecule has 2 N–H and O–H groups in total. The van der Waals surface area contributed by atoms with E-state index >= 15 is 0 Å². The van der Waals surface area contributed by atoms with Crippen molar-refractivity contribution in [2.75, 3.05) is 5.32 Å². The Balaban J connectivity index is 1.55. The predicted molar refractivity (Wildman–Crippen MR) is 97.0 cm³/mol. The number of benzene rings is 2. The lowest BCUT2D eigenvalue weighted by atomic mass is 10.2. The van der Waals surface area contributed by atoms with Crippen LogP contribution in [-0.4, -0.2) is 20.8 Å². The Kier molecular flexibility index (Phi) is 5.02. The number of carbonyl (C=O) groups excluding carboxylic acids is 1. The molecule has 3 aromatic rings. The lowest BCUT2D eigenvalue weighted by molar-refractivity contribution is -0.384. The highest BCUT2D eigenvalue weighted by atomic mass is 16.6. The number of fused-ring (bicyclic) bond motifs is 1. The molecule has 132 valence electrons. The third kappa shape index (κ3) is 4.10. The quantitative estimate of drug-likeness (QED) is 0.522. The van der Waals surface area contributed by atoms with Crippen LogP contribution in [0.5, 0.6) is 0 Å². The average molecular weight is 352 g/mol. The Labute approximate surface area is 148 Å². The zero-order chi connectivity index (χ0) is 18.5. The smallest absolute Gasteiger partial charge is 0.269 e. The van der Waals surface area contributed by atoms with Crippen LogP contribution in [0.2, 0.25) is 0 Å². The minimum atomic E-state index is -0.497. The van der Waals surface area contributed by atoms with Crippen LogP contribution in [0.3, 0.4) is 0 Å². The molecule has 1 aromatic heterocycles. The number of non-ortho nitro benzene ring substituents is 1. The molecule has 0 aliphatic rings. The fraction of sp³-hybridized carbons (Fsp3) is 0.167. The number of hydrogen-bond donors (Lipinski definition) is 2. The molecule has 0 saturated carbocycles. The van der Waals surface area contributed by atoms with E-state index in [4.69, 9.17) is 0 Å². The average Bonchev–Trinajstić information content (AvgIpc) is 2.62. The Morgan fingerprint density at radius 1 is 1.15 bits per heavy atom. The van der Waals surface area contributed by atoms with E-state index < -0.39 is 4.92 Å². The van der Waals surface area contributed by atoms with Crippen LogP contribution in [0.25, 0.3) is 10.9 Å². The molecule has 8 heteroatoms. The molecular weight excluding hydrogens is 336 g/mol. The molecule has 0 saturated heterocycles. The van der Waals surface area contributed by atoms with Crippen molar-refractivity contribution < 1.29 is 9.72 Å². The van der Waals surface area contributed by atoms with E-state index in [1.165, 1.54) is 24.3 Å². The second kappa shape index (κ2) is 7.56. The van der Waals surface area contributed by atoms with Crippen LogP contribution in [0.4, 0.5) is 11.4 Å². The van der Waals surface area contributed by atoms with E-state index in [0.29, 0.717) is 35.3 Å². The molecule has 3 rings (SSSR count). The number of hydrogen-bond acceptors (Lipinski definition) is 5. The van der Waals surface area contributed by atoms with Crippen molar-refractivity contribution in [2.24, 2.45) is 0 Å². The number of para-hydroxylation sites is 1. The summed E-state index contributed by atoms with van der Waals surface area (Å²) in [5, 5.41) is 13.8. The molecule has 0 radical (unpaired) electrons. The lowest BCUT2D eigenvalue weighted by Crippen LogP contribution is -2.14. The number of H-pyrrole nitrogens is 1. The first-order valence-electron chi connectivity index (χ1n) is 8.05. The Morgan fingerprint density at radius 3 is 2.62 bits per heavy atom. The summed E-state index contributed by atoms with van der Waals surface area (Å²) >= 11 is 0. The van der Waals surface area contributed by atoms with Gasteiger partial charge in [-0.1, -0.05) is 12.1 Å². The first kappa shape index (κ1) is 17.3. The summed E-state index contributed by atoms with van der Waals surface area (Å²) in [6, 6.07) is 12.7. The Morgan fingerprint density at radius 2 is 1.88 bits per heavy atom. The molecule has 8 nitrogen and oxygen atoms in total. The van der Waals surface area contributed by atoms with Gasteiger partial charge >= 0.3 is 0 Å². The zero-order valence-electron chi connectivity index (χ0n) is 13.8. The van der Waals surface area contributed by atoms with Crippen molar-refractivity contribution >= 4 is 28.2 Å². The summed E-state index contributed by atoms with van der Waals surface area (Å²) in [4.78, 5) is 41.2. The van der Waals surface area contributed by atoms with E-state index in [-0.39, 0.29) is 23.6 Å². The topological polar surface area (TPSA) is 118 Å². The van der Waals surface area contributed by atoms with Crippen molar-refractivity contribution in [3.8, 4) is 0 Å². The lowest BCUT2D eigenvalue weighted by Gasteiger charge is -2.05. The molecule has 26 heavy (non-hydrogen) atoms. The van der Waals surface area contributed by atoms with Crippen molar-refractivity contribution in [1.82, 2.24) is 9.97 Å². The van der Waals surface area contributed by atoms with Gasteiger partial charge in [0, 0.05) is 30.7 Å². The number of nitro groups is 1. The maximum Gasteiger partial charge on any atom is 0.269 e. The molecule has 0 unspecified atom stereocenters. The van der Waals surface area contributed by atoms with E-state index in [1.807, 2.05) is 6.07 Å². The van der Waals surface area contributed by atoms with E-state index in [1.54, 1.807) is 18.2 Å². The minimum absolute atomic E-state index is 0.0330. The van der Waals surface area contributed by atoms with E-state index in [0.717, 1.165) is 0 Å². The fourth-order valence-electron chi connectivity index (χ4n) is 2.56. The first-order valence-corrected chi connectivity index (χ1v) is 8.05. The number of nitro benzene ring substituents is 1. The molecule has 1 amide bonds. The minimum Gasteiger partial charge on any atom is -0.326 e. The van der Waals surface area contributed by atoms with Crippen LogP contribution in [0, 0.1) is 10.1 Å². The molecule has 1 heterocycles. The normalized spacial score (nSPS) is 10.6. The highest BCUT2D eigenvalue weighted by molar-refractivity contribution is 5.90. The molecule has 0 bridgehead atoms. The number of nitrogens with zero attached hydrogens (tertiary/aromatic N) is 2. The number of aromatic nitrogens is 2. The summed E-state index contributed by atoms with van der Waals surface area (Å²) in [6.45, 7) is 0. The molecular formula is C18H16N4O4. The SMILES string of the molecule is O=C(CCCc1nc2ccccc2c(=O)[nH]1)Nc1ccc([N+](=O)[O-])cc1. The molecule has 0 atom stereocenters. The standard InChI is InChI=1S/C18H16N4O4/c23-17(19-12-8-10-13(11-9-12)22(25)26)7-3-6-16-20-15-5-2-1-4-14(15)18(24)21-16/h1-2,4-5,8-11H,3,6-7H2,(H,19,23)(H,20,21,24). The van der Waals surface area contributed by atoms with Crippen LogP contribution < -0.4 is 10.9 Å². The Hall–Kier alpha value is -3.55. The number of aromatic amines is 1. The number of rotatable bonds is 6. The Bertz CT molecular complexity index is 1010. The summed E-state index contributed by atoms with van der Waals surface area (Å²) < 4.78 is 0. The van der Waals surface area contributed by atoms with Crippen LogP contribution >= 0.6 is 0 Å². The highest BCUT2D eigenvalue weighted by Crippen LogP contribution is 2.16. The van der Waals surface area contributed by atoms with E-state index in [9.17, 15) is 19.7 Å². The van der Waals surface area contributed by atoms with Gasteiger partial charge in [-0.15, -0.1) is 0 Å². The summed E-state index contributed by atoms with van der Waals surface area (Å²) in [6.07, 6.45) is 1.22. The van der Waals surface area contributed by atoms with Gasteiger partial charge in [0.1, 0.15) is 5.82 Å². The number of anilines is 1. The number of nitrogens with one attached hydrogen (secondary N) is 2. The van der Waals surface area contributed by atoms with Crippen LogP contribution in [0.15, 0.2) is 53.3 Å². The molecule has 0 aliphatic carbocycles. The van der Waals surface area contributed by atoms with Crippen molar-refractivity contribution in [3.05, 3.63) is 74.8 Å². The third-order valence-electron chi connectivity index (χ3n) is 3.84. The summed E-state index contributed by atoms with van der Waals surface area (Å²) in [7, 11) is 0. The van der Waals surface area contributed by atoms with Gasteiger partial charge in [-0.3, -0.25) is 19.7 Å². The van der Waals surface area contributed by atoms with Crippen molar-refractivity contribution in [1.29, 1.82) is 0 Å². The number of amides is 1. The van der Waals surface area contributed by atoms with Gasteiger partial charge in [0.2, 0.25) is 5.91 Å². The summed E-state index contributed by atoms with van der Waals surface area (Å²) in [5.74, 6) is 0.332. The van der Waals surface area contributed by atoms with Crippen LogP contribution in [0.1, 0.15) is 18.7 Å². The zero-order valence-corrected chi connectivity index (χ0v) is 13.8. The molecule has 2 aromatic carbocycles. The predicted octanol–water partition coefficient (Wildman–Crippen LogP) is 2.79. The second-order valence-corrected chi connectivity index (χ2v) is 5.74. The summed E-state index contributed by atoms with van der Waals surface area (Å²) in [5.41, 5.74) is 0.898. The number of carbonyl (C=O) groups is 1. The van der Waals surface area contributed by atoms with Gasteiger partial charge in [0.15, 0.2) is 0 Å². The molecule has 0 spiro atoms. The van der Waals surface area contributed by atoms with Crippen molar-refractivity contribution in [3.63, 3.8) is 0 Å².